The SMILES string of the molecule is Cc1cccc(COc2cccc(CC(=O)NCC(C)O)c2)c1. The largest absolute Gasteiger partial charge is 0.489 e. The lowest BCUT2D eigenvalue weighted by molar-refractivity contribution is -0.120. The molecule has 122 valence electrons. The van der Waals surface area contributed by atoms with Crippen LogP contribution in [0.5, 0.6) is 5.75 Å². The maximum Gasteiger partial charge on any atom is 0.224 e. The molecule has 0 radical (unpaired) electrons. The molecule has 1 atom stereocenters. The number of ether oxygens (including phenoxy) is 1. The Morgan fingerprint density at radius 1 is 1.17 bits per heavy atom. The highest BCUT2D eigenvalue weighted by molar-refractivity contribution is 5.78. The van der Waals surface area contributed by atoms with Gasteiger partial charge in [0.15, 0.2) is 0 Å². The Hall–Kier alpha value is -2.33. The zero-order chi connectivity index (χ0) is 16.7. The first kappa shape index (κ1) is 17.0. The van der Waals surface area contributed by atoms with E-state index in [0.29, 0.717) is 6.61 Å². The molecular weight excluding hydrogens is 290 g/mol. The van der Waals surface area contributed by atoms with Gasteiger partial charge in [-0.3, -0.25) is 4.79 Å². The van der Waals surface area contributed by atoms with E-state index in [0.717, 1.165) is 16.9 Å². The van der Waals surface area contributed by atoms with E-state index >= 15 is 0 Å². The van der Waals surface area contributed by atoms with Gasteiger partial charge in [-0.2, -0.15) is 0 Å². The lowest BCUT2D eigenvalue weighted by Crippen LogP contribution is -2.31. The van der Waals surface area contributed by atoms with Gasteiger partial charge in [-0.15, -0.1) is 0 Å². The zero-order valence-electron chi connectivity index (χ0n) is 13.6. The zero-order valence-corrected chi connectivity index (χ0v) is 13.6. The average molecular weight is 313 g/mol. The molecule has 0 aliphatic rings. The van der Waals surface area contributed by atoms with Crippen LogP contribution in [-0.4, -0.2) is 23.7 Å². The van der Waals surface area contributed by atoms with Gasteiger partial charge in [-0.1, -0.05) is 42.0 Å². The number of aliphatic hydroxyl groups excluding tert-OH is 1. The van der Waals surface area contributed by atoms with Crippen LogP contribution in [0.3, 0.4) is 0 Å². The number of hydrogen-bond acceptors (Lipinski definition) is 3. The average Bonchev–Trinajstić information content (AvgIpc) is 2.51. The highest BCUT2D eigenvalue weighted by Crippen LogP contribution is 2.16. The standard InChI is InChI=1S/C19H23NO3/c1-14-5-3-7-17(9-14)13-23-18-8-4-6-16(10-18)11-19(22)20-12-15(2)21/h3-10,15,21H,11-13H2,1-2H3,(H,20,22). The second-order valence-corrected chi connectivity index (χ2v) is 5.76. The molecule has 2 rings (SSSR count). The van der Waals surface area contributed by atoms with E-state index in [1.807, 2.05) is 36.4 Å². The van der Waals surface area contributed by atoms with Crippen molar-refractivity contribution < 1.29 is 14.6 Å². The first-order chi connectivity index (χ1) is 11.0. The lowest BCUT2D eigenvalue weighted by atomic mass is 10.1. The Bertz CT molecular complexity index is 653. The van der Waals surface area contributed by atoms with Crippen molar-refractivity contribution in [1.82, 2.24) is 5.32 Å². The molecule has 0 spiro atoms. The molecule has 23 heavy (non-hydrogen) atoms. The number of aliphatic hydroxyl groups is 1. The molecule has 0 bridgehead atoms. The molecule has 0 heterocycles. The molecule has 1 unspecified atom stereocenters. The monoisotopic (exact) mass is 313 g/mol. The van der Waals surface area contributed by atoms with E-state index in [4.69, 9.17) is 4.74 Å². The van der Waals surface area contributed by atoms with Crippen LogP contribution in [0.15, 0.2) is 48.5 Å². The number of carbonyl (C=O) groups is 1. The van der Waals surface area contributed by atoms with Crippen molar-refractivity contribution in [2.45, 2.75) is 33.0 Å². The number of carbonyl (C=O) groups excluding carboxylic acids is 1. The third-order valence-electron chi connectivity index (χ3n) is 3.35. The maximum absolute atomic E-state index is 11.8. The van der Waals surface area contributed by atoms with Crippen LogP contribution in [0.25, 0.3) is 0 Å². The van der Waals surface area contributed by atoms with Crippen LogP contribution in [0, 0.1) is 6.92 Å². The second-order valence-electron chi connectivity index (χ2n) is 5.76. The molecule has 4 heteroatoms. The summed E-state index contributed by atoms with van der Waals surface area (Å²) in [7, 11) is 0. The number of rotatable bonds is 7. The fourth-order valence-electron chi connectivity index (χ4n) is 2.22. The molecular formula is C19H23NO3. The first-order valence-corrected chi connectivity index (χ1v) is 7.75. The summed E-state index contributed by atoms with van der Waals surface area (Å²) in [5.74, 6) is 0.633. The topological polar surface area (TPSA) is 58.6 Å². The van der Waals surface area contributed by atoms with Crippen molar-refractivity contribution in [3.05, 3.63) is 65.2 Å². The van der Waals surface area contributed by atoms with Gasteiger partial charge in [0.1, 0.15) is 12.4 Å². The van der Waals surface area contributed by atoms with Gasteiger partial charge in [0.25, 0.3) is 0 Å². The predicted molar refractivity (Wildman–Crippen MR) is 90.3 cm³/mol. The van der Waals surface area contributed by atoms with Crippen LogP contribution in [-0.2, 0) is 17.8 Å². The minimum absolute atomic E-state index is 0.110. The number of nitrogens with one attached hydrogen (secondary N) is 1. The van der Waals surface area contributed by atoms with Crippen LogP contribution in [0.1, 0.15) is 23.6 Å². The summed E-state index contributed by atoms with van der Waals surface area (Å²) in [6.45, 7) is 4.46. The summed E-state index contributed by atoms with van der Waals surface area (Å²) in [4.78, 5) is 11.8. The van der Waals surface area contributed by atoms with Crippen molar-refractivity contribution in [2.75, 3.05) is 6.54 Å². The molecule has 0 saturated carbocycles. The Morgan fingerprint density at radius 2 is 1.91 bits per heavy atom. The molecule has 0 fully saturated rings. The summed E-state index contributed by atoms with van der Waals surface area (Å²) in [6, 6.07) is 15.7. The van der Waals surface area contributed by atoms with Gasteiger partial charge < -0.3 is 15.2 Å². The van der Waals surface area contributed by atoms with Gasteiger partial charge >= 0.3 is 0 Å². The van der Waals surface area contributed by atoms with E-state index < -0.39 is 6.10 Å². The molecule has 2 aromatic rings. The summed E-state index contributed by atoms with van der Waals surface area (Å²) in [5, 5.41) is 11.9. The van der Waals surface area contributed by atoms with Crippen molar-refractivity contribution in [2.24, 2.45) is 0 Å². The minimum atomic E-state index is -0.539. The fourth-order valence-corrected chi connectivity index (χ4v) is 2.22. The van der Waals surface area contributed by atoms with E-state index in [1.54, 1.807) is 6.92 Å². The van der Waals surface area contributed by atoms with Gasteiger partial charge in [-0.05, 0) is 37.1 Å². The number of aryl methyl sites for hydroxylation is 1. The third kappa shape index (κ3) is 6.12. The number of benzene rings is 2. The van der Waals surface area contributed by atoms with E-state index in [2.05, 4.69) is 24.4 Å². The highest BCUT2D eigenvalue weighted by Gasteiger charge is 2.06. The molecule has 0 saturated heterocycles. The van der Waals surface area contributed by atoms with Crippen LogP contribution in [0.4, 0.5) is 0 Å². The molecule has 2 N–H and O–H groups in total. The highest BCUT2D eigenvalue weighted by atomic mass is 16.5. The lowest BCUT2D eigenvalue weighted by Gasteiger charge is -2.10. The third-order valence-corrected chi connectivity index (χ3v) is 3.35. The number of hydrogen-bond donors (Lipinski definition) is 2. The fraction of sp³-hybridized carbons (Fsp3) is 0.316. The van der Waals surface area contributed by atoms with Gasteiger partial charge in [0.2, 0.25) is 5.91 Å². The molecule has 4 nitrogen and oxygen atoms in total. The Labute approximate surface area is 137 Å². The molecule has 2 aromatic carbocycles. The quantitative estimate of drug-likeness (QED) is 0.826. The molecule has 1 amide bonds. The van der Waals surface area contributed by atoms with Crippen molar-refractivity contribution in [1.29, 1.82) is 0 Å². The first-order valence-electron chi connectivity index (χ1n) is 7.75. The van der Waals surface area contributed by atoms with Gasteiger partial charge in [0, 0.05) is 6.54 Å². The van der Waals surface area contributed by atoms with Gasteiger partial charge in [-0.25, -0.2) is 0 Å². The summed E-state index contributed by atoms with van der Waals surface area (Å²) >= 11 is 0. The van der Waals surface area contributed by atoms with Crippen LogP contribution < -0.4 is 10.1 Å². The normalized spacial score (nSPS) is 11.8. The van der Waals surface area contributed by atoms with E-state index in [-0.39, 0.29) is 18.9 Å². The van der Waals surface area contributed by atoms with Crippen molar-refractivity contribution >= 4 is 5.91 Å². The number of amides is 1. The predicted octanol–water partition coefficient (Wildman–Crippen LogP) is 2.61. The Morgan fingerprint density at radius 3 is 2.65 bits per heavy atom. The Kier molecular flexibility index (Phi) is 6.18. The van der Waals surface area contributed by atoms with Gasteiger partial charge in [0.05, 0.1) is 12.5 Å². The summed E-state index contributed by atoms with van der Waals surface area (Å²) in [5.41, 5.74) is 3.20. The van der Waals surface area contributed by atoms with E-state index in [9.17, 15) is 9.90 Å². The van der Waals surface area contributed by atoms with E-state index in [1.165, 1.54) is 5.56 Å². The van der Waals surface area contributed by atoms with Crippen LogP contribution >= 0.6 is 0 Å². The Balaban J connectivity index is 1.90. The molecule has 0 aliphatic heterocycles. The molecule has 0 aromatic heterocycles. The molecule has 0 aliphatic carbocycles. The smallest absolute Gasteiger partial charge is 0.224 e. The van der Waals surface area contributed by atoms with Crippen molar-refractivity contribution in [3.63, 3.8) is 0 Å². The van der Waals surface area contributed by atoms with Crippen molar-refractivity contribution in [3.8, 4) is 5.75 Å². The summed E-state index contributed by atoms with van der Waals surface area (Å²) in [6.07, 6.45) is -0.267. The summed E-state index contributed by atoms with van der Waals surface area (Å²) < 4.78 is 5.80. The maximum atomic E-state index is 11.8. The minimum Gasteiger partial charge on any atom is -0.489 e. The second kappa shape index (κ2) is 8.34. The van der Waals surface area contributed by atoms with Crippen LogP contribution in [0.2, 0.25) is 0 Å².